The van der Waals surface area contributed by atoms with Crippen molar-refractivity contribution in [1.29, 1.82) is 5.26 Å². The van der Waals surface area contributed by atoms with Crippen LogP contribution in [-0.4, -0.2) is 9.97 Å². The third kappa shape index (κ3) is 2.84. The number of hydrogen-bond donors (Lipinski definition) is 1. The van der Waals surface area contributed by atoms with Crippen molar-refractivity contribution in [3.8, 4) is 6.07 Å². The quantitative estimate of drug-likeness (QED) is 0.914. The van der Waals surface area contributed by atoms with Gasteiger partial charge in [0.1, 0.15) is 11.8 Å². The van der Waals surface area contributed by atoms with Crippen LogP contribution in [0.4, 0.5) is 5.95 Å². The van der Waals surface area contributed by atoms with Gasteiger partial charge < -0.3 is 5.32 Å². The molecule has 2 aromatic rings. The predicted molar refractivity (Wildman–Crippen MR) is 72.3 cm³/mol. The zero-order chi connectivity index (χ0) is 13.0. The van der Waals surface area contributed by atoms with Gasteiger partial charge in [-0.05, 0) is 23.4 Å². The summed E-state index contributed by atoms with van der Waals surface area (Å²) in [5, 5.41) is 14.2. The van der Waals surface area contributed by atoms with Crippen LogP contribution in [0.3, 0.4) is 0 Å². The Kier molecular flexibility index (Phi) is 3.90. The molecule has 18 heavy (non-hydrogen) atoms. The van der Waals surface area contributed by atoms with Crippen LogP contribution in [0.1, 0.15) is 30.5 Å². The van der Waals surface area contributed by atoms with Gasteiger partial charge in [0.2, 0.25) is 5.95 Å². The lowest BCUT2D eigenvalue weighted by atomic mass is 10.0. The van der Waals surface area contributed by atoms with Crippen molar-refractivity contribution in [2.45, 2.75) is 19.9 Å². The molecule has 0 bridgehead atoms. The largest absolute Gasteiger partial charge is 0.346 e. The van der Waals surface area contributed by atoms with Crippen molar-refractivity contribution in [2.24, 2.45) is 5.92 Å². The van der Waals surface area contributed by atoms with Crippen molar-refractivity contribution in [1.82, 2.24) is 9.97 Å². The molecule has 0 aliphatic rings. The fraction of sp³-hybridized carbons (Fsp3) is 0.308. The fourth-order valence-electron chi connectivity index (χ4n) is 1.66. The standard InChI is InChI=1S/C13H14N4S/c1-9(2)12(11-4-3-7-18-11)17-13-15-6-5-10(8-14)16-13/h3-7,9,12H,1-2H3,(H,15,16,17). The predicted octanol–water partition coefficient (Wildman–Crippen LogP) is 3.22. The molecule has 0 aliphatic heterocycles. The SMILES string of the molecule is CC(C)C(Nc1nccc(C#N)n1)c1cccs1. The molecule has 0 spiro atoms. The van der Waals surface area contributed by atoms with Crippen molar-refractivity contribution < 1.29 is 0 Å². The first-order valence-electron chi connectivity index (χ1n) is 5.74. The van der Waals surface area contributed by atoms with E-state index in [0.29, 0.717) is 17.6 Å². The summed E-state index contributed by atoms with van der Waals surface area (Å²) in [6.07, 6.45) is 1.60. The van der Waals surface area contributed by atoms with E-state index in [0.717, 1.165) is 0 Å². The zero-order valence-corrected chi connectivity index (χ0v) is 11.1. The molecule has 0 aromatic carbocycles. The first-order valence-corrected chi connectivity index (χ1v) is 6.61. The normalized spacial score (nSPS) is 12.1. The molecule has 1 N–H and O–H groups in total. The molecular weight excluding hydrogens is 244 g/mol. The van der Waals surface area contributed by atoms with Gasteiger partial charge in [0.25, 0.3) is 0 Å². The average molecular weight is 258 g/mol. The monoisotopic (exact) mass is 258 g/mol. The summed E-state index contributed by atoms with van der Waals surface area (Å²) in [4.78, 5) is 9.54. The molecule has 2 heterocycles. The van der Waals surface area contributed by atoms with Crippen LogP contribution < -0.4 is 5.32 Å². The van der Waals surface area contributed by atoms with Gasteiger partial charge in [-0.2, -0.15) is 5.26 Å². The molecule has 0 fully saturated rings. The van der Waals surface area contributed by atoms with Gasteiger partial charge in [-0.1, -0.05) is 19.9 Å². The van der Waals surface area contributed by atoms with Crippen molar-refractivity contribution in [3.63, 3.8) is 0 Å². The average Bonchev–Trinajstić information content (AvgIpc) is 2.89. The molecule has 4 nitrogen and oxygen atoms in total. The van der Waals surface area contributed by atoms with Crippen molar-refractivity contribution in [2.75, 3.05) is 5.32 Å². The van der Waals surface area contributed by atoms with Crippen LogP contribution in [0.15, 0.2) is 29.8 Å². The Morgan fingerprint density at radius 1 is 1.39 bits per heavy atom. The van der Waals surface area contributed by atoms with E-state index in [4.69, 9.17) is 5.26 Å². The van der Waals surface area contributed by atoms with Crippen LogP contribution in [0.5, 0.6) is 0 Å². The van der Waals surface area contributed by atoms with E-state index in [1.54, 1.807) is 23.6 Å². The molecule has 0 amide bonds. The molecule has 0 saturated carbocycles. The molecular formula is C13H14N4S. The summed E-state index contributed by atoms with van der Waals surface area (Å²) in [6.45, 7) is 4.29. The zero-order valence-electron chi connectivity index (χ0n) is 10.3. The highest BCUT2D eigenvalue weighted by Crippen LogP contribution is 2.28. The van der Waals surface area contributed by atoms with E-state index in [1.165, 1.54) is 4.88 Å². The van der Waals surface area contributed by atoms with Gasteiger partial charge in [-0.25, -0.2) is 9.97 Å². The van der Waals surface area contributed by atoms with E-state index >= 15 is 0 Å². The fourth-order valence-corrected chi connectivity index (χ4v) is 2.61. The number of anilines is 1. The molecule has 1 unspecified atom stereocenters. The van der Waals surface area contributed by atoms with E-state index in [2.05, 4.69) is 40.6 Å². The Morgan fingerprint density at radius 2 is 2.22 bits per heavy atom. The number of nitriles is 1. The van der Waals surface area contributed by atoms with Gasteiger partial charge in [0, 0.05) is 11.1 Å². The molecule has 0 aliphatic carbocycles. The van der Waals surface area contributed by atoms with Crippen molar-refractivity contribution >= 4 is 17.3 Å². The highest BCUT2D eigenvalue weighted by molar-refractivity contribution is 7.10. The van der Waals surface area contributed by atoms with Gasteiger partial charge in [-0.3, -0.25) is 0 Å². The Bertz CT molecular complexity index is 542. The Morgan fingerprint density at radius 3 is 2.83 bits per heavy atom. The second-order valence-corrected chi connectivity index (χ2v) is 5.24. The third-order valence-corrected chi connectivity index (χ3v) is 3.53. The van der Waals surface area contributed by atoms with Crippen LogP contribution in [0, 0.1) is 17.2 Å². The number of nitrogens with zero attached hydrogens (tertiary/aromatic N) is 3. The summed E-state index contributed by atoms with van der Waals surface area (Å²) in [7, 11) is 0. The minimum Gasteiger partial charge on any atom is -0.346 e. The number of rotatable bonds is 4. The molecule has 5 heteroatoms. The first kappa shape index (κ1) is 12.5. The number of aromatic nitrogens is 2. The maximum Gasteiger partial charge on any atom is 0.224 e. The smallest absolute Gasteiger partial charge is 0.224 e. The maximum atomic E-state index is 8.82. The highest BCUT2D eigenvalue weighted by Gasteiger charge is 2.17. The van der Waals surface area contributed by atoms with E-state index in [-0.39, 0.29) is 6.04 Å². The topological polar surface area (TPSA) is 61.6 Å². The van der Waals surface area contributed by atoms with Crippen LogP contribution in [0.2, 0.25) is 0 Å². The lowest BCUT2D eigenvalue weighted by Gasteiger charge is -2.21. The summed E-state index contributed by atoms with van der Waals surface area (Å²) in [5.41, 5.74) is 0.376. The molecule has 0 radical (unpaired) electrons. The molecule has 0 saturated heterocycles. The summed E-state index contributed by atoms with van der Waals surface area (Å²) in [5.74, 6) is 0.916. The molecule has 1 atom stereocenters. The van der Waals surface area contributed by atoms with Gasteiger partial charge in [-0.15, -0.1) is 11.3 Å². The highest BCUT2D eigenvalue weighted by atomic mass is 32.1. The van der Waals surface area contributed by atoms with E-state index in [9.17, 15) is 0 Å². The summed E-state index contributed by atoms with van der Waals surface area (Å²) < 4.78 is 0. The number of thiophene rings is 1. The molecule has 92 valence electrons. The lowest BCUT2D eigenvalue weighted by molar-refractivity contribution is 0.550. The second kappa shape index (κ2) is 5.61. The van der Waals surface area contributed by atoms with Crippen molar-refractivity contribution in [3.05, 3.63) is 40.3 Å². The number of hydrogen-bond acceptors (Lipinski definition) is 5. The van der Waals surface area contributed by atoms with E-state index in [1.807, 2.05) is 12.1 Å². The minimum absolute atomic E-state index is 0.166. The third-order valence-electron chi connectivity index (χ3n) is 2.57. The van der Waals surface area contributed by atoms with Gasteiger partial charge in [0.05, 0.1) is 6.04 Å². The Hall–Kier alpha value is -1.93. The first-order chi connectivity index (χ1) is 8.70. The molecule has 2 rings (SSSR count). The van der Waals surface area contributed by atoms with Gasteiger partial charge >= 0.3 is 0 Å². The Balaban J connectivity index is 2.22. The second-order valence-electron chi connectivity index (χ2n) is 4.26. The lowest BCUT2D eigenvalue weighted by Crippen LogP contribution is -2.17. The van der Waals surface area contributed by atoms with Gasteiger partial charge in [0.15, 0.2) is 0 Å². The minimum atomic E-state index is 0.166. The molecule has 2 aromatic heterocycles. The van der Waals surface area contributed by atoms with Crippen LogP contribution in [0.25, 0.3) is 0 Å². The number of nitrogens with one attached hydrogen (secondary N) is 1. The summed E-state index contributed by atoms with van der Waals surface area (Å²) in [6, 6.07) is 7.90. The van der Waals surface area contributed by atoms with E-state index < -0.39 is 0 Å². The maximum absolute atomic E-state index is 8.82. The van der Waals surface area contributed by atoms with Crippen LogP contribution in [-0.2, 0) is 0 Å². The Labute approximate surface area is 110 Å². The summed E-state index contributed by atoms with van der Waals surface area (Å²) >= 11 is 1.71. The van der Waals surface area contributed by atoms with Crippen LogP contribution >= 0.6 is 11.3 Å².